The first kappa shape index (κ1) is 46.3. The SMILES string of the molecule is CO[Si](CC[Si](C)(C)O[Si](C)(C)C(C)Cn1c(=O)n(CF)c(=O)n(CC(C)[Si](C)(C)O[Si](C)(C)CC[Si](OC)(OC)OC)c1=O)(OC)OC. The third kappa shape index (κ3) is 12.2. The van der Waals surface area contributed by atoms with E-state index in [0.29, 0.717) is 16.7 Å². The molecule has 2 unspecified atom stereocenters. The standard InChI is InChI=1S/C28H64FN3O11Si6/c1-24(46(13,14)42-44(9,10)17-19-48(36-3,37-4)38-5)21-30-26(33)31(28(35)32(23-29)27(30)34)22-25(2)47(15,16)43-45(11,12)18-20-49(39-6,40-7)41-8/h24-25H,17-23H2,1-16H3. The van der Waals surface area contributed by atoms with Crippen LogP contribution in [0.3, 0.4) is 0 Å². The molecule has 288 valence electrons. The minimum atomic E-state index is -2.79. The molecule has 0 N–H and O–H groups in total. The first-order valence-corrected chi connectivity index (χ1v) is 32.7. The van der Waals surface area contributed by atoms with Crippen LogP contribution in [0.25, 0.3) is 0 Å². The fourth-order valence-electron chi connectivity index (χ4n) is 5.83. The lowest BCUT2D eigenvalue weighted by molar-refractivity contribution is 0.124. The molecule has 49 heavy (non-hydrogen) atoms. The summed E-state index contributed by atoms with van der Waals surface area (Å²) in [4.78, 5) is 40.5. The van der Waals surface area contributed by atoms with Crippen molar-refractivity contribution in [1.82, 2.24) is 13.7 Å². The van der Waals surface area contributed by atoms with E-state index in [9.17, 15) is 18.8 Å². The third-order valence-electron chi connectivity index (χ3n) is 9.80. The fourth-order valence-corrected chi connectivity index (χ4v) is 30.4. The second kappa shape index (κ2) is 18.4. The Morgan fingerprint density at radius 2 is 0.776 bits per heavy atom. The highest BCUT2D eigenvalue weighted by Crippen LogP contribution is 2.33. The molecule has 2 atom stereocenters. The maximum atomic E-state index is 14.2. The number of hydrogen-bond acceptors (Lipinski definition) is 11. The minimum Gasteiger partial charge on any atom is -0.455 e. The van der Waals surface area contributed by atoms with Gasteiger partial charge < -0.3 is 34.8 Å². The number of aromatic nitrogens is 3. The maximum absolute atomic E-state index is 14.2. The molecular formula is C28H64FN3O11Si6. The van der Waals surface area contributed by atoms with Gasteiger partial charge in [-0.2, -0.15) is 0 Å². The van der Waals surface area contributed by atoms with Crippen LogP contribution in [-0.2, 0) is 54.7 Å². The zero-order valence-electron chi connectivity index (χ0n) is 32.8. The molecule has 0 aliphatic rings. The van der Waals surface area contributed by atoms with Gasteiger partial charge in [0.2, 0.25) is 0 Å². The van der Waals surface area contributed by atoms with Crippen LogP contribution >= 0.6 is 0 Å². The smallest absolute Gasteiger partial charge is 0.455 e. The highest BCUT2D eigenvalue weighted by atomic mass is 28.4. The van der Waals surface area contributed by atoms with Crippen LogP contribution in [0.2, 0.25) is 87.6 Å². The summed E-state index contributed by atoms with van der Waals surface area (Å²) in [5.41, 5.74) is -3.13. The molecule has 1 rings (SSSR count). The molecule has 1 aromatic heterocycles. The van der Waals surface area contributed by atoms with Gasteiger partial charge in [0.1, 0.15) is 0 Å². The Bertz CT molecular complexity index is 1270. The second-order valence-electron chi connectivity index (χ2n) is 14.9. The summed E-state index contributed by atoms with van der Waals surface area (Å²) in [6, 6.07) is 2.64. The molecule has 0 aliphatic carbocycles. The molecule has 1 heterocycles. The van der Waals surface area contributed by atoms with E-state index in [1.807, 2.05) is 40.0 Å². The van der Waals surface area contributed by atoms with E-state index >= 15 is 0 Å². The van der Waals surface area contributed by atoms with Gasteiger partial charge in [0, 0.05) is 67.8 Å². The zero-order chi connectivity index (χ0) is 38.2. The highest BCUT2D eigenvalue weighted by molar-refractivity contribution is 6.86. The van der Waals surface area contributed by atoms with Gasteiger partial charge in [-0.15, -0.1) is 0 Å². The van der Waals surface area contributed by atoms with E-state index in [4.69, 9.17) is 34.8 Å². The van der Waals surface area contributed by atoms with Crippen LogP contribution in [0, 0.1) is 0 Å². The van der Waals surface area contributed by atoms with Crippen molar-refractivity contribution in [2.45, 2.75) is 121 Å². The van der Waals surface area contributed by atoms with Crippen LogP contribution in [0.15, 0.2) is 14.4 Å². The van der Waals surface area contributed by atoms with Crippen LogP contribution in [0.1, 0.15) is 13.8 Å². The van der Waals surface area contributed by atoms with Crippen LogP contribution in [0.4, 0.5) is 4.39 Å². The average Bonchev–Trinajstić information content (AvgIpc) is 3.02. The Morgan fingerprint density at radius 3 is 1.02 bits per heavy atom. The predicted molar refractivity (Wildman–Crippen MR) is 204 cm³/mol. The zero-order valence-corrected chi connectivity index (χ0v) is 38.8. The van der Waals surface area contributed by atoms with Gasteiger partial charge in [0.15, 0.2) is 40.1 Å². The topological polar surface area (TPSA) is 140 Å². The molecule has 0 aliphatic heterocycles. The van der Waals surface area contributed by atoms with Gasteiger partial charge in [-0.05, 0) is 75.5 Å². The summed E-state index contributed by atoms with van der Waals surface area (Å²) in [7, 11) is -5.75. The molecule has 0 fully saturated rings. The van der Waals surface area contributed by atoms with Crippen molar-refractivity contribution in [3.05, 3.63) is 31.5 Å². The minimum absolute atomic E-state index is 0.00959. The van der Waals surface area contributed by atoms with Gasteiger partial charge in [0.05, 0.1) is 0 Å². The second-order valence-corrected chi connectivity index (χ2v) is 39.2. The molecule has 0 radical (unpaired) electrons. The molecular weight excluding hydrogens is 742 g/mol. The van der Waals surface area contributed by atoms with Crippen molar-refractivity contribution in [1.29, 1.82) is 0 Å². The lowest BCUT2D eigenvalue weighted by Gasteiger charge is -2.39. The van der Waals surface area contributed by atoms with Crippen molar-refractivity contribution in [2.24, 2.45) is 0 Å². The number of halogens is 1. The number of alkyl halides is 1. The van der Waals surface area contributed by atoms with Crippen molar-refractivity contribution >= 4 is 50.9 Å². The van der Waals surface area contributed by atoms with Crippen molar-refractivity contribution < 1.29 is 39.2 Å². The molecule has 0 saturated carbocycles. The number of hydrogen-bond donors (Lipinski definition) is 0. The van der Waals surface area contributed by atoms with E-state index in [2.05, 4.69) is 26.2 Å². The summed E-state index contributed by atoms with van der Waals surface area (Å²) in [6.45, 7) is 19.1. The molecule has 14 nitrogen and oxygen atoms in total. The average molecular weight is 806 g/mol. The molecule has 0 aromatic carbocycles. The summed E-state index contributed by atoms with van der Waals surface area (Å²) in [6.07, 6.45) is 0. The van der Waals surface area contributed by atoms with Crippen molar-refractivity contribution in [3.63, 3.8) is 0 Å². The summed E-state index contributed by atoms with van der Waals surface area (Å²) >= 11 is 0. The van der Waals surface area contributed by atoms with Crippen LogP contribution in [-0.4, -0.2) is 107 Å². The maximum Gasteiger partial charge on any atom is 0.499 e. The summed E-state index contributed by atoms with van der Waals surface area (Å²) < 4.78 is 63.9. The Balaban J connectivity index is 3.34. The van der Waals surface area contributed by atoms with Crippen molar-refractivity contribution in [2.75, 3.05) is 42.7 Å². The van der Waals surface area contributed by atoms with Gasteiger partial charge in [-0.3, -0.25) is 0 Å². The van der Waals surface area contributed by atoms with Gasteiger partial charge >= 0.3 is 34.7 Å². The van der Waals surface area contributed by atoms with E-state index in [1.165, 1.54) is 0 Å². The lowest BCUT2D eigenvalue weighted by Crippen LogP contribution is -2.57. The Kier molecular flexibility index (Phi) is 17.4. The van der Waals surface area contributed by atoms with E-state index < -0.39 is 74.7 Å². The first-order valence-electron chi connectivity index (χ1n) is 16.6. The molecule has 0 spiro atoms. The fraction of sp³-hybridized carbons (Fsp3) is 0.893. The highest BCUT2D eigenvalue weighted by Gasteiger charge is 2.45. The lowest BCUT2D eigenvalue weighted by atomic mass is 10.4. The van der Waals surface area contributed by atoms with Crippen LogP contribution in [0.5, 0.6) is 0 Å². The van der Waals surface area contributed by atoms with Gasteiger partial charge in [-0.25, -0.2) is 32.5 Å². The Morgan fingerprint density at radius 1 is 0.510 bits per heavy atom. The largest absolute Gasteiger partial charge is 0.499 e. The van der Waals surface area contributed by atoms with Crippen LogP contribution < -0.4 is 17.1 Å². The molecule has 0 bridgehead atoms. The third-order valence-corrected chi connectivity index (χ3v) is 32.9. The van der Waals surface area contributed by atoms with Crippen molar-refractivity contribution in [3.8, 4) is 0 Å². The Hall–Kier alpha value is -0.679. The van der Waals surface area contributed by atoms with Gasteiger partial charge in [0.25, 0.3) is 0 Å². The molecule has 0 amide bonds. The summed E-state index contributed by atoms with van der Waals surface area (Å²) in [5, 5.41) is 0. The van der Waals surface area contributed by atoms with E-state index in [0.717, 1.165) is 21.2 Å². The first-order chi connectivity index (χ1) is 22.4. The summed E-state index contributed by atoms with van der Waals surface area (Å²) in [5.74, 6) is 0. The Labute approximate surface area is 298 Å². The van der Waals surface area contributed by atoms with Gasteiger partial charge in [-0.1, -0.05) is 13.8 Å². The quantitative estimate of drug-likeness (QED) is 0.145. The predicted octanol–water partition coefficient (Wildman–Crippen LogP) is 4.49. The number of nitrogens with zero attached hydrogens (tertiary/aromatic N) is 3. The monoisotopic (exact) mass is 805 g/mol. The van der Waals surface area contributed by atoms with E-state index in [-0.39, 0.29) is 24.2 Å². The molecule has 1 aromatic rings. The van der Waals surface area contributed by atoms with E-state index in [1.54, 1.807) is 42.7 Å². The normalized spacial score (nSPS) is 15.1. The molecule has 21 heteroatoms. The molecule has 0 saturated heterocycles. The number of rotatable bonds is 23.